The van der Waals surface area contributed by atoms with Gasteiger partial charge in [-0.25, -0.2) is 0 Å². The second kappa shape index (κ2) is 7.80. The summed E-state index contributed by atoms with van der Waals surface area (Å²) in [6, 6.07) is 12.8. The van der Waals surface area contributed by atoms with Gasteiger partial charge in [-0.15, -0.1) is 0 Å². The van der Waals surface area contributed by atoms with E-state index in [2.05, 4.69) is 88.6 Å². The zero-order valence-electron chi connectivity index (χ0n) is 15.5. The fraction of sp³-hybridized carbons (Fsp3) is 0.381. The van der Waals surface area contributed by atoms with Crippen molar-refractivity contribution in [1.82, 2.24) is 0 Å². The number of nitrogens with one attached hydrogen (secondary N) is 2. The second-order valence-corrected chi connectivity index (χ2v) is 7.38. The summed E-state index contributed by atoms with van der Waals surface area (Å²) in [5, 5.41) is 7.49. The van der Waals surface area contributed by atoms with Gasteiger partial charge < -0.3 is 10.6 Å². The first kappa shape index (κ1) is 18.5. The number of aryl methyl sites for hydroxylation is 2. The molecule has 2 N–H and O–H groups in total. The highest BCUT2D eigenvalue weighted by Crippen LogP contribution is 2.32. The predicted molar refractivity (Wildman–Crippen MR) is 110 cm³/mol. The van der Waals surface area contributed by atoms with E-state index in [0.717, 1.165) is 11.4 Å². The first-order valence-corrected chi connectivity index (χ1v) is 8.99. The number of benzene rings is 2. The molecule has 128 valence electrons. The molecule has 0 radical (unpaired) electrons. The van der Waals surface area contributed by atoms with Crippen LogP contribution >= 0.6 is 12.2 Å². The lowest BCUT2D eigenvalue weighted by atomic mass is 9.93. The van der Waals surface area contributed by atoms with Crippen LogP contribution in [0.1, 0.15) is 61.8 Å². The Bertz CT molecular complexity index is 686. The molecule has 0 aromatic heterocycles. The Labute approximate surface area is 151 Å². The Morgan fingerprint density at radius 1 is 0.750 bits per heavy atom. The Morgan fingerprint density at radius 3 is 1.62 bits per heavy atom. The van der Waals surface area contributed by atoms with E-state index in [1.54, 1.807) is 0 Å². The fourth-order valence-corrected chi connectivity index (χ4v) is 3.17. The summed E-state index contributed by atoms with van der Waals surface area (Å²) in [6.45, 7) is 13.1. The lowest BCUT2D eigenvalue weighted by Gasteiger charge is -2.22. The van der Waals surface area contributed by atoms with E-state index in [1.807, 2.05) is 0 Å². The summed E-state index contributed by atoms with van der Waals surface area (Å²) in [5.41, 5.74) is 7.22. The van der Waals surface area contributed by atoms with Crippen LogP contribution in [0.4, 0.5) is 11.4 Å². The van der Waals surface area contributed by atoms with E-state index in [4.69, 9.17) is 12.2 Å². The monoisotopic (exact) mass is 340 g/mol. The third-order valence-corrected chi connectivity index (χ3v) is 4.54. The van der Waals surface area contributed by atoms with E-state index >= 15 is 0 Å². The van der Waals surface area contributed by atoms with Crippen molar-refractivity contribution in [2.24, 2.45) is 0 Å². The molecule has 0 fully saturated rings. The molecular formula is C21H28N2S. The van der Waals surface area contributed by atoms with Crippen molar-refractivity contribution in [3.05, 3.63) is 58.7 Å². The first-order chi connectivity index (χ1) is 11.3. The van der Waals surface area contributed by atoms with Gasteiger partial charge in [-0.3, -0.25) is 0 Å². The molecule has 2 nitrogen and oxygen atoms in total. The topological polar surface area (TPSA) is 24.1 Å². The molecule has 0 heterocycles. The molecule has 24 heavy (non-hydrogen) atoms. The second-order valence-electron chi connectivity index (χ2n) is 6.97. The van der Waals surface area contributed by atoms with Crippen LogP contribution in [0.25, 0.3) is 0 Å². The zero-order valence-corrected chi connectivity index (χ0v) is 16.3. The molecule has 0 unspecified atom stereocenters. The third-order valence-electron chi connectivity index (χ3n) is 4.33. The van der Waals surface area contributed by atoms with Crippen LogP contribution in [0.5, 0.6) is 0 Å². The molecule has 0 saturated heterocycles. The van der Waals surface area contributed by atoms with Gasteiger partial charge in [0, 0.05) is 11.4 Å². The van der Waals surface area contributed by atoms with Crippen LogP contribution in [0.15, 0.2) is 36.4 Å². The molecule has 0 spiro atoms. The highest BCUT2D eigenvalue weighted by Gasteiger charge is 2.15. The maximum absolute atomic E-state index is 5.61. The molecule has 0 aliphatic heterocycles. The number of thiocarbonyl (C=S) groups is 1. The maximum Gasteiger partial charge on any atom is 0.175 e. The largest absolute Gasteiger partial charge is 0.332 e. The summed E-state index contributed by atoms with van der Waals surface area (Å²) in [6.07, 6.45) is 0. The van der Waals surface area contributed by atoms with Crippen molar-refractivity contribution in [3.8, 4) is 0 Å². The number of para-hydroxylation sites is 2. The number of hydrogen-bond acceptors (Lipinski definition) is 1. The number of anilines is 2. The molecule has 0 aliphatic carbocycles. The SMILES string of the molecule is Cc1cccc(C)c1NC(=S)Nc1c(C(C)C)cccc1C(C)C. The van der Waals surface area contributed by atoms with Crippen LogP contribution in [-0.4, -0.2) is 5.11 Å². The minimum absolute atomic E-state index is 0.439. The maximum atomic E-state index is 5.61. The van der Waals surface area contributed by atoms with Crippen LogP contribution in [0.3, 0.4) is 0 Å². The van der Waals surface area contributed by atoms with E-state index in [1.165, 1.54) is 22.3 Å². The van der Waals surface area contributed by atoms with Crippen molar-refractivity contribution in [1.29, 1.82) is 0 Å². The van der Waals surface area contributed by atoms with Gasteiger partial charge in [0.05, 0.1) is 0 Å². The Morgan fingerprint density at radius 2 is 1.17 bits per heavy atom. The van der Waals surface area contributed by atoms with Crippen LogP contribution in [0, 0.1) is 13.8 Å². The quantitative estimate of drug-likeness (QED) is 0.633. The Kier molecular flexibility index (Phi) is 6.00. The van der Waals surface area contributed by atoms with Gasteiger partial charge in [0.15, 0.2) is 5.11 Å². The summed E-state index contributed by atoms with van der Waals surface area (Å²) in [7, 11) is 0. The summed E-state index contributed by atoms with van der Waals surface area (Å²) in [4.78, 5) is 0. The lowest BCUT2D eigenvalue weighted by Crippen LogP contribution is -2.22. The standard InChI is InChI=1S/C21H28N2S/c1-13(2)17-11-8-12-18(14(3)4)20(17)23-21(24)22-19-15(5)9-7-10-16(19)6/h7-14H,1-6H3,(H2,22,23,24). The smallest absolute Gasteiger partial charge is 0.175 e. The van der Waals surface area contributed by atoms with E-state index in [9.17, 15) is 0 Å². The minimum Gasteiger partial charge on any atom is -0.332 e. The summed E-state index contributed by atoms with van der Waals surface area (Å²) >= 11 is 5.61. The van der Waals surface area contributed by atoms with Gasteiger partial charge in [-0.05, 0) is 60.2 Å². The molecule has 0 atom stereocenters. The van der Waals surface area contributed by atoms with Crippen LogP contribution < -0.4 is 10.6 Å². The van der Waals surface area contributed by atoms with E-state index < -0.39 is 0 Å². The molecule has 2 aromatic carbocycles. The fourth-order valence-electron chi connectivity index (χ4n) is 2.97. The van der Waals surface area contributed by atoms with Crippen molar-refractivity contribution < 1.29 is 0 Å². The van der Waals surface area contributed by atoms with Crippen molar-refractivity contribution in [3.63, 3.8) is 0 Å². The van der Waals surface area contributed by atoms with Gasteiger partial charge in [-0.2, -0.15) is 0 Å². The highest BCUT2D eigenvalue weighted by atomic mass is 32.1. The zero-order chi connectivity index (χ0) is 17.9. The van der Waals surface area contributed by atoms with Gasteiger partial charge in [0.1, 0.15) is 0 Å². The van der Waals surface area contributed by atoms with Gasteiger partial charge in [0.2, 0.25) is 0 Å². The highest BCUT2D eigenvalue weighted by molar-refractivity contribution is 7.80. The summed E-state index contributed by atoms with van der Waals surface area (Å²) < 4.78 is 0. The van der Waals surface area contributed by atoms with Crippen molar-refractivity contribution in [2.75, 3.05) is 10.6 Å². The molecule has 2 rings (SSSR count). The van der Waals surface area contributed by atoms with Crippen LogP contribution in [-0.2, 0) is 0 Å². The molecule has 0 saturated carbocycles. The average molecular weight is 341 g/mol. The van der Waals surface area contributed by atoms with Crippen LogP contribution in [0.2, 0.25) is 0 Å². The van der Waals surface area contributed by atoms with E-state index in [-0.39, 0.29) is 0 Å². The average Bonchev–Trinajstić information content (AvgIpc) is 2.50. The molecule has 2 aromatic rings. The van der Waals surface area contributed by atoms with Gasteiger partial charge >= 0.3 is 0 Å². The molecular weight excluding hydrogens is 312 g/mol. The predicted octanol–water partition coefficient (Wildman–Crippen LogP) is 6.36. The molecule has 0 bridgehead atoms. The van der Waals surface area contributed by atoms with Gasteiger partial charge in [-0.1, -0.05) is 64.1 Å². The number of rotatable bonds is 4. The Balaban J connectivity index is 2.32. The molecule has 0 amide bonds. The number of hydrogen-bond donors (Lipinski definition) is 2. The van der Waals surface area contributed by atoms with Crippen molar-refractivity contribution in [2.45, 2.75) is 53.4 Å². The lowest BCUT2D eigenvalue weighted by molar-refractivity contribution is 0.839. The normalized spacial score (nSPS) is 11.0. The minimum atomic E-state index is 0.439. The third kappa shape index (κ3) is 4.15. The van der Waals surface area contributed by atoms with E-state index in [0.29, 0.717) is 16.9 Å². The Hall–Kier alpha value is -1.87. The van der Waals surface area contributed by atoms with Crippen molar-refractivity contribution >= 4 is 28.7 Å². The molecule has 3 heteroatoms. The molecule has 0 aliphatic rings. The summed E-state index contributed by atoms with van der Waals surface area (Å²) in [5.74, 6) is 0.878. The van der Waals surface area contributed by atoms with Gasteiger partial charge in [0.25, 0.3) is 0 Å². The first-order valence-electron chi connectivity index (χ1n) is 8.58.